The largest absolute Gasteiger partial charge is 0.374 e. The predicted octanol–water partition coefficient (Wildman–Crippen LogP) is 12.3. The molecule has 0 aromatic heterocycles. The van der Waals surface area contributed by atoms with Crippen molar-refractivity contribution in [1.82, 2.24) is 4.90 Å². The Morgan fingerprint density at radius 1 is 0.848 bits per heavy atom. The summed E-state index contributed by atoms with van der Waals surface area (Å²) in [5, 5.41) is 0. The summed E-state index contributed by atoms with van der Waals surface area (Å²) >= 11 is 0. The van der Waals surface area contributed by atoms with E-state index in [0.29, 0.717) is 12.8 Å². The number of piperidine rings is 1. The summed E-state index contributed by atoms with van der Waals surface area (Å²) < 4.78 is 0. The molecule has 272 valence electrons. The lowest BCUT2D eigenvalue weighted by Crippen LogP contribution is -2.34. The van der Waals surface area contributed by atoms with Crippen molar-refractivity contribution in [2.24, 2.45) is 17.8 Å². The number of benzene rings is 1. The first-order valence-electron chi connectivity index (χ1n) is 18.9. The second kappa shape index (κ2) is 35.9. The van der Waals surface area contributed by atoms with Crippen LogP contribution in [0.25, 0.3) is 0 Å². The van der Waals surface area contributed by atoms with Gasteiger partial charge in [-0.05, 0) is 95.9 Å². The van der Waals surface area contributed by atoms with Gasteiger partial charge in [-0.25, -0.2) is 0 Å². The van der Waals surface area contributed by atoms with Crippen molar-refractivity contribution in [3.63, 3.8) is 0 Å². The molecular weight excluding hydrogens is 564 g/mol. The van der Waals surface area contributed by atoms with Crippen LogP contribution in [0.2, 0.25) is 0 Å². The van der Waals surface area contributed by atoms with Crippen LogP contribution >= 0.6 is 0 Å². The Bertz CT molecular complexity index is 790. The fraction of sp³-hybridized carbons (Fsp3) is 0.762. The minimum absolute atomic E-state index is 0.0453. The first-order valence-corrected chi connectivity index (χ1v) is 18.9. The summed E-state index contributed by atoms with van der Waals surface area (Å²) in [6.07, 6.45) is 13.6. The molecule has 0 N–H and O–H groups in total. The highest BCUT2D eigenvalue weighted by Gasteiger charge is 2.15. The lowest BCUT2D eigenvalue weighted by Gasteiger charge is -2.30. The molecule has 2 rings (SSSR count). The van der Waals surface area contributed by atoms with Crippen LogP contribution in [0.1, 0.15) is 158 Å². The minimum atomic E-state index is 0.0453. The van der Waals surface area contributed by atoms with Crippen molar-refractivity contribution in [3.8, 4) is 0 Å². The van der Waals surface area contributed by atoms with E-state index in [1.165, 1.54) is 94.2 Å². The summed E-state index contributed by atoms with van der Waals surface area (Å²) in [6, 6.07) is 6.51. The van der Waals surface area contributed by atoms with Crippen LogP contribution in [0.4, 0.5) is 5.69 Å². The van der Waals surface area contributed by atoms with E-state index in [9.17, 15) is 9.59 Å². The van der Waals surface area contributed by atoms with Crippen LogP contribution in [0.5, 0.6) is 0 Å². The summed E-state index contributed by atoms with van der Waals surface area (Å²) in [6.45, 7) is 38.0. The number of ketones is 2. The molecule has 1 heterocycles. The Labute approximate surface area is 290 Å². The molecule has 4 heteroatoms. The van der Waals surface area contributed by atoms with E-state index < -0.39 is 0 Å². The molecule has 0 bridgehead atoms. The van der Waals surface area contributed by atoms with Crippen molar-refractivity contribution < 1.29 is 9.59 Å². The SMILES string of the molecule is C=C.CC.CC(=O)CCC(C)C(C)=O.CCC.CCC(C)CN(C)c1c(C)cccc1C.CCCC(CCC)CN1CCCCC1. The van der Waals surface area contributed by atoms with Gasteiger partial charge in [0.25, 0.3) is 0 Å². The zero-order valence-electron chi connectivity index (χ0n) is 33.7. The summed E-state index contributed by atoms with van der Waals surface area (Å²) in [5.41, 5.74) is 4.15. The van der Waals surface area contributed by atoms with Crippen LogP contribution < -0.4 is 4.90 Å². The maximum absolute atomic E-state index is 10.6. The summed E-state index contributed by atoms with van der Waals surface area (Å²) in [7, 11) is 2.20. The first kappa shape index (κ1) is 50.9. The normalized spacial score (nSPS) is 13.3. The van der Waals surface area contributed by atoms with Crippen molar-refractivity contribution in [3.05, 3.63) is 42.5 Å². The van der Waals surface area contributed by atoms with E-state index in [-0.39, 0.29) is 17.5 Å². The Morgan fingerprint density at radius 2 is 1.30 bits per heavy atom. The number of para-hydroxylation sites is 1. The Hall–Kier alpha value is -1.94. The van der Waals surface area contributed by atoms with Gasteiger partial charge in [0.05, 0.1) is 0 Å². The standard InChI is InChI=1S/C14H23N.C13H27N.C8H14O2.C3H8.C2H6.C2H4/c1-6-11(2)10-15(5)14-12(3)8-7-9-13(14)4;1-3-8-13(9-4-2)12-14-10-6-5-7-11-14;1-6(8(3)10)4-5-7(2)9;1-3-2;2*1-2/h7-9,11H,6,10H2,1-5H3;13H,3-12H2,1-2H3;6H,4-5H2,1-3H3;3H2,1-2H3;1-2H3;1-2H2. The lowest BCUT2D eigenvalue weighted by atomic mass is 9.97. The van der Waals surface area contributed by atoms with E-state index >= 15 is 0 Å². The van der Waals surface area contributed by atoms with E-state index in [2.05, 4.69) is 104 Å². The number of nitrogens with zero attached hydrogens (tertiary/aromatic N) is 2. The van der Waals surface area contributed by atoms with Gasteiger partial charge in [-0.2, -0.15) is 0 Å². The Morgan fingerprint density at radius 3 is 1.67 bits per heavy atom. The van der Waals surface area contributed by atoms with Gasteiger partial charge in [-0.3, -0.25) is 4.79 Å². The van der Waals surface area contributed by atoms with Crippen LogP contribution in [0, 0.1) is 31.6 Å². The lowest BCUT2D eigenvalue weighted by molar-refractivity contribution is -0.121. The number of hydrogen-bond donors (Lipinski definition) is 0. The first-order chi connectivity index (χ1) is 21.9. The quantitative estimate of drug-likeness (QED) is 0.189. The number of likely N-dealkylation sites (tertiary alicyclic amines) is 1. The van der Waals surface area contributed by atoms with Crippen LogP contribution in [0.3, 0.4) is 0 Å². The Kier molecular flexibility index (Phi) is 39.7. The maximum atomic E-state index is 10.6. The zero-order chi connectivity index (χ0) is 36.5. The number of Topliss-reactive ketones (excluding diaryl/α,β-unsaturated/α-hetero) is 2. The molecule has 4 nitrogen and oxygen atoms in total. The van der Waals surface area contributed by atoms with E-state index in [1.807, 2.05) is 20.8 Å². The fourth-order valence-corrected chi connectivity index (χ4v) is 5.37. The predicted molar refractivity (Wildman–Crippen MR) is 211 cm³/mol. The fourth-order valence-electron chi connectivity index (χ4n) is 5.37. The second-order valence-corrected chi connectivity index (χ2v) is 12.9. The molecule has 0 aliphatic carbocycles. The van der Waals surface area contributed by atoms with E-state index in [0.717, 1.165) is 18.4 Å². The molecule has 0 radical (unpaired) electrons. The third-order valence-corrected chi connectivity index (χ3v) is 8.09. The van der Waals surface area contributed by atoms with Crippen LogP contribution in [-0.4, -0.2) is 49.7 Å². The molecule has 1 aromatic carbocycles. The molecule has 1 aliphatic rings. The molecule has 0 amide bonds. The summed E-state index contributed by atoms with van der Waals surface area (Å²) in [5.74, 6) is 2.11. The molecular formula is C42H82N2O2. The maximum Gasteiger partial charge on any atom is 0.132 e. The highest BCUT2D eigenvalue weighted by atomic mass is 16.1. The number of rotatable bonds is 14. The third kappa shape index (κ3) is 29.5. The summed E-state index contributed by atoms with van der Waals surface area (Å²) in [4.78, 5) is 26.2. The van der Waals surface area contributed by atoms with E-state index in [1.54, 1.807) is 13.8 Å². The van der Waals surface area contributed by atoms with Gasteiger partial charge in [0.15, 0.2) is 0 Å². The van der Waals surface area contributed by atoms with Crippen molar-refractivity contribution in [2.45, 2.75) is 161 Å². The van der Waals surface area contributed by atoms with E-state index in [4.69, 9.17) is 0 Å². The second-order valence-electron chi connectivity index (χ2n) is 12.9. The number of aryl methyl sites for hydroxylation is 2. The highest BCUT2D eigenvalue weighted by Crippen LogP contribution is 2.24. The van der Waals surface area contributed by atoms with Gasteiger partial charge < -0.3 is 14.6 Å². The molecule has 1 aliphatic heterocycles. The topological polar surface area (TPSA) is 40.6 Å². The molecule has 2 atom stereocenters. The smallest absolute Gasteiger partial charge is 0.132 e. The molecule has 1 fully saturated rings. The molecule has 2 unspecified atom stereocenters. The van der Waals surface area contributed by atoms with Crippen molar-refractivity contribution in [1.29, 1.82) is 0 Å². The zero-order valence-corrected chi connectivity index (χ0v) is 33.7. The van der Waals surface area contributed by atoms with Crippen molar-refractivity contribution in [2.75, 3.05) is 38.1 Å². The Balaban J connectivity index is -0.000000265. The number of carbonyl (C=O) groups excluding carboxylic acids is 2. The monoisotopic (exact) mass is 647 g/mol. The third-order valence-electron chi connectivity index (χ3n) is 8.09. The molecule has 1 aromatic rings. The molecule has 0 spiro atoms. The highest BCUT2D eigenvalue weighted by molar-refractivity contribution is 5.79. The van der Waals surface area contributed by atoms with Crippen LogP contribution in [-0.2, 0) is 9.59 Å². The molecule has 0 saturated carbocycles. The number of hydrogen-bond acceptors (Lipinski definition) is 4. The van der Waals surface area contributed by atoms with Gasteiger partial charge in [0, 0.05) is 38.2 Å². The minimum Gasteiger partial charge on any atom is -0.374 e. The van der Waals surface area contributed by atoms with Gasteiger partial charge in [-0.15, -0.1) is 13.2 Å². The van der Waals surface area contributed by atoms with Gasteiger partial charge in [-0.1, -0.05) is 113 Å². The molecule has 46 heavy (non-hydrogen) atoms. The number of carbonyl (C=O) groups is 2. The van der Waals surface area contributed by atoms with Crippen LogP contribution in [0.15, 0.2) is 31.4 Å². The van der Waals surface area contributed by atoms with Gasteiger partial charge in [0.2, 0.25) is 0 Å². The van der Waals surface area contributed by atoms with Crippen molar-refractivity contribution >= 4 is 17.3 Å². The van der Waals surface area contributed by atoms with Gasteiger partial charge in [0.1, 0.15) is 11.6 Å². The molecule has 1 saturated heterocycles. The average Bonchev–Trinajstić information content (AvgIpc) is 3.03. The van der Waals surface area contributed by atoms with Gasteiger partial charge >= 0.3 is 0 Å². The number of anilines is 1. The average molecular weight is 647 g/mol.